The first-order valence-corrected chi connectivity index (χ1v) is 6.20. The van der Waals surface area contributed by atoms with Gasteiger partial charge in [0.15, 0.2) is 0 Å². The summed E-state index contributed by atoms with van der Waals surface area (Å²) in [7, 11) is 0. The molecule has 2 N–H and O–H groups in total. The molecular formula is C15H12F3NO. The van der Waals surface area contributed by atoms with Gasteiger partial charge in [0.2, 0.25) is 0 Å². The molecule has 2 nitrogen and oxygen atoms in total. The minimum absolute atomic E-state index is 0.333. The highest BCUT2D eigenvalue weighted by molar-refractivity contribution is 5.39. The minimum atomic E-state index is -0.665. The van der Waals surface area contributed by atoms with Crippen LogP contribution in [0, 0.1) is 17.5 Å². The third-order valence-electron chi connectivity index (χ3n) is 3.37. The number of benzene rings is 2. The van der Waals surface area contributed by atoms with E-state index in [0.717, 1.165) is 6.07 Å². The predicted octanol–water partition coefficient (Wildman–Crippen LogP) is 3.63. The van der Waals surface area contributed by atoms with Crippen molar-refractivity contribution in [3.8, 4) is 5.75 Å². The van der Waals surface area contributed by atoms with E-state index < -0.39 is 29.6 Å². The van der Waals surface area contributed by atoms with E-state index in [1.54, 1.807) is 0 Å². The lowest BCUT2D eigenvalue weighted by atomic mass is 9.93. The standard InChI is InChI=1S/C15H12F3NO/c16-9-1-2-14-12(6-9)13(19)7-15(20-14)8-3-10(17)5-11(18)4-8/h1-6,13,15H,7,19H2/t13-,15?/m0/s1. The minimum Gasteiger partial charge on any atom is -0.485 e. The van der Waals surface area contributed by atoms with E-state index in [1.807, 2.05) is 0 Å². The zero-order valence-corrected chi connectivity index (χ0v) is 10.4. The first-order valence-electron chi connectivity index (χ1n) is 6.20. The second-order valence-electron chi connectivity index (χ2n) is 4.83. The molecule has 0 amide bonds. The molecule has 2 aromatic rings. The Hall–Kier alpha value is -2.01. The number of hydrogen-bond acceptors (Lipinski definition) is 2. The highest BCUT2D eigenvalue weighted by Gasteiger charge is 2.28. The number of fused-ring (bicyclic) bond motifs is 1. The van der Waals surface area contributed by atoms with Crippen molar-refractivity contribution in [1.29, 1.82) is 0 Å². The summed E-state index contributed by atoms with van der Waals surface area (Å²) in [5.41, 5.74) is 6.93. The van der Waals surface area contributed by atoms with Crippen molar-refractivity contribution in [3.63, 3.8) is 0 Å². The maximum Gasteiger partial charge on any atom is 0.126 e. The quantitative estimate of drug-likeness (QED) is 0.865. The van der Waals surface area contributed by atoms with E-state index in [4.69, 9.17) is 10.5 Å². The van der Waals surface area contributed by atoms with Gasteiger partial charge in [0.05, 0.1) is 0 Å². The number of hydrogen-bond donors (Lipinski definition) is 1. The second-order valence-corrected chi connectivity index (χ2v) is 4.83. The van der Waals surface area contributed by atoms with E-state index in [1.165, 1.54) is 30.3 Å². The van der Waals surface area contributed by atoms with Gasteiger partial charge in [-0.1, -0.05) is 0 Å². The van der Waals surface area contributed by atoms with E-state index in [-0.39, 0.29) is 0 Å². The molecule has 0 radical (unpaired) electrons. The lowest BCUT2D eigenvalue weighted by Gasteiger charge is -2.30. The van der Waals surface area contributed by atoms with Gasteiger partial charge in [-0.25, -0.2) is 13.2 Å². The van der Waals surface area contributed by atoms with Crippen LogP contribution in [0.4, 0.5) is 13.2 Å². The maximum absolute atomic E-state index is 13.3. The Morgan fingerprint density at radius 3 is 2.35 bits per heavy atom. The van der Waals surface area contributed by atoms with Gasteiger partial charge in [-0.15, -0.1) is 0 Å². The van der Waals surface area contributed by atoms with Crippen LogP contribution in [0.1, 0.15) is 29.7 Å². The fourth-order valence-electron chi connectivity index (χ4n) is 2.44. The first kappa shape index (κ1) is 13.0. The van der Waals surface area contributed by atoms with Crippen molar-refractivity contribution in [2.45, 2.75) is 18.6 Å². The van der Waals surface area contributed by atoms with Gasteiger partial charge in [0.25, 0.3) is 0 Å². The normalized spacial score (nSPS) is 21.2. The Morgan fingerprint density at radius 1 is 0.950 bits per heavy atom. The fraction of sp³-hybridized carbons (Fsp3) is 0.200. The van der Waals surface area contributed by atoms with Gasteiger partial charge in [0, 0.05) is 24.1 Å². The van der Waals surface area contributed by atoms with E-state index in [0.29, 0.717) is 23.3 Å². The molecule has 2 atom stereocenters. The van der Waals surface area contributed by atoms with Gasteiger partial charge in [-0.2, -0.15) is 0 Å². The smallest absolute Gasteiger partial charge is 0.126 e. The average Bonchev–Trinajstić information content (AvgIpc) is 2.38. The molecule has 1 aliphatic heterocycles. The van der Waals surface area contributed by atoms with Crippen LogP contribution in [-0.2, 0) is 0 Å². The molecule has 0 saturated heterocycles. The molecule has 1 heterocycles. The molecule has 0 fully saturated rings. The first-order chi connectivity index (χ1) is 9.52. The summed E-state index contributed by atoms with van der Waals surface area (Å²) >= 11 is 0. The Kier molecular flexibility index (Phi) is 3.14. The summed E-state index contributed by atoms with van der Waals surface area (Å²) in [5, 5.41) is 0. The van der Waals surface area contributed by atoms with E-state index >= 15 is 0 Å². The summed E-state index contributed by atoms with van der Waals surface area (Å²) in [6.07, 6.45) is -0.215. The van der Waals surface area contributed by atoms with Crippen LogP contribution >= 0.6 is 0 Å². The molecule has 0 aliphatic carbocycles. The van der Waals surface area contributed by atoms with E-state index in [9.17, 15) is 13.2 Å². The Balaban J connectivity index is 1.96. The molecule has 5 heteroatoms. The number of rotatable bonds is 1. The van der Waals surface area contributed by atoms with Gasteiger partial charge >= 0.3 is 0 Å². The average molecular weight is 279 g/mol. The van der Waals surface area contributed by atoms with Gasteiger partial charge in [-0.05, 0) is 35.9 Å². The summed E-state index contributed by atoms with van der Waals surface area (Å²) in [6.45, 7) is 0. The Bertz CT molecular complexity index is 639. The van der Waals surface area contributed by atoms with Crippen LogP contribution in [0.15, 0.2) is 36.4 Å². The second kappa shape index (κ2) is 4.83. The largest absolute Gasteiger partial charge is 0.485 e. The molecule has 0 saturated carbocycles. The zero-order chi connectivity index (χ0) is 14.3. The van der Waals surface area contributed by atoms with Gasteiger partial charge < -0.3 is 10.5 Å². The Morgan fingerprint density at radius 2 is 1.65 bits per heavy atom. The number of ether oxygens (including phenoxy) is 1. The molecular weight excluding hydrogens is 267 g/mol. The monoisotopic (exact) mass is 279 g/mol. The Labute approximate surface area is 114 Å². The van der Waals surface area contributed by atoms with Crippen LogP contribution < -0.4 is 10.5 Å². The van der Waals surface area contributed by atoms with Crippen molar-refractivity contribution in [2.75, 3.05) is 0 Å². The molecule has 20 heavy (non-hydrogen) atoms. The van der Waals surface area contributed by atoms with Crippen molar-refractivity contribution in [1.82, 2.24) is 0 Å². The molecule has 0 spiro atoms. The molecule has 0 aromatic heterocycles. The summed E-state index contributed by atoms with van der Waals surface area (Å²) < 4.78 is 45.4. The number of nitrogens with two attached hydrogens (primary N) is 1. The molecule has 1 aliphatic rings. The highest BCUT2D eigenvalue weighted by Crippen LogP contribution is 2.40. The molecule has 104 valence electrons. The zero-order valence-electron chi connectivity index (χ0n) is 10.4. The fourth-order valence-corrected chi connectivity index (χ4v) is 2.44. The predicted molar refractivity (Wildman–Crippen MR) is 67.7 cm³/mol. The summed E-state index contributed by atoms with van der Waals surface area (Å²) in [5.74, 6) is -1.28. The molecule has 2 aromatic carbocycles. The lowest BCUT2D eigenvalue weighted by Crippen LogP contribution is -2.24. The highest BCUT2D eigenvalue weighted by atomic mass is 19.1. The van der Waals surface area contributed by atoms with Gasteiger partial charge in [0.1, 0.15) is 29.3 Å². The van der Waals surface area contributed by atoms with E-state index in [2.05, 4.69) is 0 Å². The maximum atomic E-state index is 13.3. The van der Waals surface area contributed by atoms with Crippen molar-refractivity contribution < 1.29 is 17.9 Å². The van der Waals surface area contributed by atoms with Crippen LogP contribution in [0.25, 0.3) is 0 Å². The van der Waals surface area contributed by atoms with Crippen molar-refractivity contribution in [3.05, 3.63) is 65.0 Å². The van der Waals surface area contributed by atoms with Gasteiger partial charge in [-0.3, -0.25) is 0 Å². The molecule has 0 bridgehead atoms. The topological polar surface area (TPSA) is 35.2 Å². The third kappa shape index (κ3) is 2.36. The van der Waals surface area contributed by atoms with Crippen molar-refractivity contribution in [2.24, 2.45) is 5.73 Å². The lowest BCUT2D eigenvalue weighted by molar-refractivity contribution is 0.160. The van der Waals surface area contributed by atoms with Crippen LogP contribution in [-0.4, -0.2) is 0 Å². The van der Waals surface area contributed by atoms with Crippen LogP contribution in [0.3, 0.4) is 0 Å². The third-order valence-corrected chi connectivity index (χ3v) is 3.37. The summed E-state index contributed by atoms with van der Waals surface area (Å²) in [6, 6.07) is 6.86. The SMILES string of the molecule is N[C@H]1CC(c2cc(F)cc(F)c2)Oc2ccc(F)cc21. The molecule has 3 rings (SSSR count). The van der Waals surface area contributed by atoms with Crippen LogP contribution in [0.2, 0.25) is 0 Å². The van der Waals surface area contributed by atoms with Crippen molar-refractivity contribution >= 4 is 0 Å². The molecule has 1 unspecified atom stereocenters. The summed E-state index contributed by atoms with van der Waals surface area (Å²) in [4.78, 5) is 0. The van der Waals surface area contributed by atoms with Crippen LogP contribution in [0.5, 0.6) is 5.75 Å². The number of halogens is 3.